The van der Waals surface area contributed by atoms with Crippen LogP contribution in [0.25, 0.3) is 22.2 Å². The number of carbonyl (C=O) groups excluding carboxylic acids is 1. The smallest absolute Gasteiger partial charge is 0.246 e. The maximum Gasteiger partial charge on any atom is 0.246 e. The van der Waals surface area contributed by atoms with E-state index in [-0.39, 0.29) is 17.6 Å². The van der Waals surface area contributed by atoms with Gasteiger partial charge in [0.25, 0.3) is 0 Å². The minimum Gasteiger partial charge on any atom is -0.493 e. The number of carbonyl (C=O) groups is 1. The summed E-state index contributed by atoms with van der Waals surface area (Å²) in [5, 5.41) is 14.7. The van der Waals surface area contributed by atoms with E-state index >= 15 is 4.39 Å². The Morgan fingerprint density at radius 3 is 2.71 bits per heavy atom. The molecule has 0 spiro atoms. The molecule has 0 bridgehead atoms. The number of fused-ring (bicyclic) bond motifs is 1. The van der Waals surface area contributed by atoms with Crippen molar-refractivity contribution in [3.05, 3.63) is 73.0 Å². The number of aromatic nitrogens is 2. The molecule has 1 saturated heterocycles. The van der Waals surface area contributed by atoms with Gasteiger partial charge in [-0.1, -0.05) is 6.58 Å². The second kappa shape index (κ2) is 9.79. The Balaban J connectivity index is 1.53. The summed E-state index contributed by atoms with van der Waals surface area (Å²) >= 11 is 0. The normalized spacial score (nSPS) is 13.8. The van der Waals surface area contributed by atoms with Gasteiger partial charge in [0.1, 0.15) is 29.8 Å². The standard InChI is InChI=1S/C28H27FN4O5/c1-5-26(34)33-13-16(14-33)38-25-10-18-21(12-24(25)36-4)30-15-31-27(18)32-22-9-17(23-7-6-8-37-23)20(29)11-19(22)28(2,3)35/h5-12,15-16,35H,1,13-14H2,2-4H3,(H,30,31,32). The fraction of sp³-hybridized carbons (Fsp3) is 0.250. The molecule has 1 fully saturated rings. The summed E-state index contributed by atoms with van der Waals surface area (Å²) in [5.41, 5.74) is 0.245. The molecule has 4 aromatic rings. The third-order valence-corrected chi connectivity index (χ3v) is 6.35. The second-order valence-electron chi connectivity index (χ2n) is 9.47. The molecule has 1 amide bonds. The molecule has 0 aliphatic carbocycles. The topological polar surface area (TPSA) is 110 Å². The zero-order valence-corrected chi connectivity index (χ0v) is 21.2. The number of halogens is 1. The van der Waals surface area contributed by atoms with Gasteiger partial charge in [-0.05, 0) is 50.3 Å². The molecule has 0 saturated carbocycles. The van der Waals surface area contributed by atoms with Crippen LogP contribution in [0.15, 0.2) is 66.1 Å². The molecule has 196 valence electrons. The Kier molecular flexibility index (Phi) is 6.50. The Hall–Kier alpha value is -4.44. The Morgan fingerprint density at radius 1 is 1.26 bits per heavy atom. The van der Waals surface area contributed by atoms with Gasteiger partial charge < -0.3 is 29.2 Å². The van der Waals surface area contributed by atoms with Crippen LogP contribution in [0.3, 0.4) is 0 Å². The van der Waals surface area contributed by atoms with Gasteiger partial charge in [-0.2, -0.15) is 0 Å². The summed E-state index contributed by atoms with van der Waals surface area (Å²) in [7, 11) is 1.53. The lowest BCUT2D eigenvalue weighted by atomic mass is 9.94. The van der Waals surface area contributed by atoms with Crippen LogP contribution < -0.4 is 14.8 Å². The van der Waals surface area contributed by atoms with Crippen molar-refractivity contribution in [1.29, 1.82) is 0 Å². The second-order valence-corrected chi connectivity index (χ2v) is 9.47. The van der Waals surface area contributed by atoms with E-state index in [9.17, 15) is 9.90 Å². The highest BCUT2D eigenvalue weighted by Gasteiger charge is 2.32. The van der Waals surface area contributed by atoms with Crippen LogP contribution in [0.2, 0.25) is 0 Å². The predicted octanol–water partition coefficient (Wildman–Crippen LogP) is 4.78. The van der Waals surface area contributed by atoms with Crippen molar-refractivity contribution in [2.75, 3.05) is 25.5 Å². The van der Waals surface area contributed by atoms with Crippen molar-refractivity contribution in [1.82, 2.24) is 14.9 Å². The predicted molar refractivity (Wildman–Crippen MR) is 140 cm³/mol. The Bertz CT molecular complexity index is 1510. The van der Waals surface area contributed by atoms with Gasteiger partial charge in [0.15, 0.2) is 11.5 Å². The first-order valence-electron chi connectivity index (χ1n) is 12.0. The van der Waals surface area contributed by atoms with Gasteiger partial charge in [-0.3, -0.25) is 4.79 Å². The molecule has 1 aliphatic heterocycles. The van der Waals surface area contributed by atoms with Gasteiger partial charge >= 0.3 is 0 Å². The zero-order valence-electron chi connectivity index (χ0n) is 21.2. The number of rotatable bonds is 8. The summed E-state index contributed by atoms with van der Waals surface area (Å²) in [6.07, 6.45) is 3.93. The molecule has 1 aliphatic rings. The highest BCUT2D eigenvalue weighted by molar-refractivity contribution is 5.93. The minimum absolute atomic E-state index is 0.147. The highest BCUT2D eigenvalue weighted by Crippen LogP contribution is 2.39. The number of nitrogens with zero attached hydrogens (tertiary/aromatic N) is 3. The minimum atomic E-state index is -1.36. The van der Waals surface area contributed by atoms with E-state index in [0.29, 0.717) is 58.3 Å². The molecule has 2 aromatic carbocycles. The molecule has 38 heavy (non-hydrogen) atoms. The number of furan rings is 1. The summed E-state index contributed by atoms with van der Waals surface area (Å²) in [4.78, 5) is 22.2. The first-order chi connectivity index (χ1) is 18.2. The average Bonchev–Trinajstić information content (AvgIpc) is 3.40. The van der Waals surface area contributed by atoms with Crippen molar-refractivity contribution in [2.24, 2.45) is 0 Å². The van der Waals surface area contributed by atoms with E-state index < -0.39 is 11.4 Å². The molecular formula is C28H27FN4O5. The van der Waals surface area contributed by atoms with Crippen molar-refractivity contribution in [3.63, 3.8) is 0 Å². The third kappa shape index (κ3) is 4.78. The van der Waals surface area contributed by atoms with Gasteiger partial charge in [-0.15, -0.1) is 0 Å². The van der Waals surface area contributed by atoms with E-state index in [1.54, 1.807) is 49.1 Å². The van der Waals surface area contributed by atoms with E-state index in [2.05, 4.69) is 21.9 Å². The molecule has 3 heterocycles. The molecule has 2 N–H and O–H groups in total. The maximum atomic E-state index is 15.0. The monoisotopic (exact) mass is 518 g/mol. The number of nitrogens with one attached hydrogen (secondary N) is 1. The summed E-state index contributed by atoms with van der Waals surface area (Å²) in [6.45, 7) is 7.53. The van der Waals surface area contributed by atoms with Gasteiger partial charge in [0.2, 0.25) is 5.91 Å². The molecule has 10 heteroatoms. The highest BCUT2D eigenvalue weighted by atomic mass is 19.1. The number of aliphatic hydroxyl groups is 1. The molecule has 2 aromatic heterocycles. The quantitative estimate of drug-likeness (QED) is 0.321. The van der Waals surface area contributed by atoms with E-state index in [1.165, 1.54) is 31.8 Å². The lowest BCUT2D eigenvalue weighted by Crippen LogP contribution is -2.55. The number of methoxy groups -OCH3 is 1. The number of anilines is 2. The number of benzene rings is 2. The van der Waals surface area contributed by atoms with Crippen molar-refractivity contribution < 1.29 is 28.2 Å². The first-order valence-corrected chi connectivity index (χ1v) is 12.0. The Labute approximate surface area is 218 Å². The van der Waals surface area contributed by atoms with Crippen LogP contribution in [-0.4, -0.2) is 52.2 Å². The fourth-order valence-electron chi connectivity index (χ4n) is 4.35. The lowest BCUT2D eigenvalue weighted by molar-refractivity contribution is -0.134. The largest absolute Gasteiger partial charge is 0.493 e. The number of amides is 1. The molecular weight excluding hydrogens is 491 g/mol. The van der Waals surface area contributed by atoms with Crippen molar-refractivity contribution >= 4 is 28.3 Å². The molecule has 0 atom stereocenters. The van der Waals surface area contributed by atoms with Gasteiger partial charge in [0.05, 0.1) is 43.1 Å². The van der Waals surface area contributed by atoms with E-state index in [0.717, 1.165) is 0 Å². The molecule has 0 radical (unpaired) electrons. The van der Waals surface area contributed by atoms with Crippen LogP contribution >= 0.6 is 0 Å². The number of hydrogen-bond donors (Lipinski definition) is 2. The summed E-state index contributed by atoms with van der Waals surface area (Å²) in [5.74, 6) is 1.04. The SMILES string of the molecule is C=CC(=O)N1CC(Oc2cc3c(Nc4cc(-c5ccco5)c(F)cc4C(C)(C)O)ncnc3cc2OC)C1. The summed E-state index contributed by atoms with van der Waals surface area (Å²) in [6, 6.07) is 9.69. The maximum absolute atomic E-state index is 15.0. The van der Waals surface area contributed by atoms with Crippen LogP contribution in [0, 0.1) is 5.82 Å². The molecule has 5 rings (SSSR count). The van der Waals surface area contributed by atoms with Crippen LogP contribution in [-0.2, 0) is 10.4 Å². The third-order valence-electron chi connectivity index (χ3n) is 6.35. The first kappa shape index (κ1) is 25.2. The van der Waals surface area contributed by atoms with Crippen LogP contribution in [0.4, 0.5) is 15.9 Å². The van der Waals surface area contributed by atoms with Crippen LogP contribution in [0.5, 0.6) is 11.5 Å². The van der Waals surface area contributed by atoms with Gasteiger partial charge in [0, 0.05) is 22.7 Å². The van der Waals surface area contributed by atoms with Gasteiger partial charge in [-0.25, -0.2) is 14.4 Å². The summed E-state index contributed by atoms with van der Waals surface area (Å²) < 4.78 is 32.1. The fourth-order valence-corrected chi connectivity index (χ4v) is 4.35. The Morgan fingerprint density at radius 2 is 2.05 bits per heavy atom. The van der Waals surface area contributed by atoms with E-state index in [1.807, 2.05) is 0 Å². The number of hydrogen-bond acceptors (Lipinski definition) is 8. The zero-order chi connectivity index (χ0) is 27.0. The molecule has 0 unspecified atom stereocenters. The van der Waals surface area contributed by atoms with E-state index in [4.69, 9.17) is 13.9 Å². The van der Waals surface area contributed by atoms with Crippen molar-refractivity contribution in [2.45, 2.75) is 25.6 Å². The van der Waals surface area contributed by atoms with Crippen molar-refractivity contribution in [3.8, 4) is 22.8 Å². The number of ether oxygens (including phenoxy) is 2. The van der Waals surface area contributed by atoms with Crippen LogP contribution in [0.1, 0.15) is 19.4 Å². The molecule has 9 nitrogen and oxygen atoms in total. The lowest BCUT2D eigenvalue weighted by Gasteiger charge is -2.38. The number of likely N-dealkylation sites (tertiary alicyclic amines) is 1. The average molecular weight is 519 g/mol.